The van der Waals surface area contributed by atoms with Crippen LogP contribution in [0, 0.1) is 5.82 Å². The minimum absolute atomic E-state index is 0.241. The number of hydrogen-bond acceptors (Lipinski definition) is 2. The Morgan fingerprint density at radius 2 is 1.60 bits per heavy atom. The maximum absolute atomic E-state index is 12.9. The molecule has 0 heterocycles. The molecule has 2 aromatic carbocycles. The van der Waals surface area contributed by atoms with E-state index in [0.717, 1.165) is 16.7 Å². The van der Waals surface area contributed by atoms with Crippen molar-refractivity contribution in [3.05, 3.63) is 59.9 Å². The normalized spacial score (nSPS) is 12.1. The Morgan fingerprint density at radius 1 is 1.10 bits per heavy atom. The van der Waals surface area contributed by atoms with Crippen LogP contribution < -0.4 is 11.1 Å². The number of rotatable bonds is 5. The van der Waals surface area contributed by atoms with Gasteiger partial charge >= 0.3 is 0 Å². The standard InChI is InChI=1S/C16H17FN2O/c1-11(16(18)20)19-10-12-2-4-13(5-3-12)14-6-8-15(17)9-7-14/h2-9,11,19H,10H2,1H3,(H2,18,20)/t11-/m0/s1. The van der Waals surface area contributed by atoms with Gasteiger partial charge in [0, 0.05) is 6.54 Å². The molecule has 2 aromatic rings. The summed E-state index contributed by atoms with van der Waals surface area (Å²) >= 11 is 0. The summed E-state index contributed by atoms with van der Waals surface area (Å²) < 4.78 is 12.9. The van der Waals surface area contributed by atoms with Gasteiger partial charge in [-0.05, 0) is 35.7 Å². The van der Waals surface area contributed by atoms with E-state index in [2.05, 4.69) is 5.32 Å². The lowest BCUT2D eigenvalue weighted by atomic mass is 10.0. The van der Waals surface area contributed by atoms with Gasteiger partial charge in [0.15, 0.2) is 0 Å². The van der Waals surface area contributed by atoms with Crippen LogP contribution in [0.2, 0.25) is 0 Å². The second-order valence-corrected chi connectivity index (χ2v) is 4.71. The lowest BCUT2D eigenvalue weighted by Crippen LogP contribution is -2.38. The first-order chi connectivity index (χ1) is 9.56. The van der Waals surface area contributed by atoms with Crippen LogP contribution in [0.1, 0.15) is 12.5 Å². The van der Waals surface area contributed by atoms with Crippen molar-refractivity contribution in [2.45, 2.75) is 19.5 Å². The molecule has 0 aliphatic rings. The monoisotopic (exact) mass is 272 g/mol. The van der Waals surface area contributed by atoms with E-state index in [1.165, 1.54) is 12.1 Å². The van der Waals surface area contributed by atoms with Gasteiger partial charge in [0.25, 0.3) is 0 Å². The predicted molar refractivity (Wildman–Crippen MR) is 77.3 cm³/mol. The first-order valence-electron chi connectivity index (χ1n) is 6.44. The molecule has 0 spiro atoms. The lowest BCUT2D eigenvalue weighted by molar-refractivity contribution is -0.119. The molecule has 104 valence electrons. The molecular formula is C16H17FN2O. The van der Waals surface area contributed by atoms with E-state index in [1.54, 1.807) is 19.1 Å². The van der Waals surface area contributed by atoms with E-state index < -0.39 is 0 Å². The summed E-state index contributed by atoms with van der Waals surface area (Å²) in [6.45, 7) is 2.31. The highest BCUT2D eigenvalue weighted by atomic mass is 19.1. The molecule has 0 aromatic heterocycles. The summed E-state index contributed by atoms with van der Waals surface area (Å²) in [6, 6.07) is 13.9. The van der Waals surface area contributed by atoms with E-state index in [9.17, 15) is 9.18 Å². The van der Waals surface area contributed by atoms with Gasteiger partial charge in [-0.2, -0.15) is 0 Å². The van der Waals surface area contributed by atoms with Crippen LogP contribution in [0.3, 0.4) is 0 Å². The average molecular weight is 272 g/mol. The summed E-state index contributed by atoms with van der Waals surface area (Å²) in [4.78, 5) is 10.9. The van der Waals surface area contributed by atoms with Crippen molar-refractivity contribution in [1.29, 1.82) is 0 Å². The topological polar surface area (TPSA) is 55.1 Å². The van der Waals surface area contributed by atoms with Crippen LogP contribution in [0.15, 0.2) is 48.5 Å². The van der Waals surface area contributed by atoms with E-state index in [1.807, 2.05) is 24.3 Å². The van der Waals surface area contributed by atoms with Crippen LogP contribution >= 0.6 is 0 Å². The van der Waals surface area contributed by atoms with Gasteiger partial charge in [0.2, 0.25) is 5.91 Å². The second-order valence-electron chi connectivity index (χ2n) is 4.71. The van der Waals surface area contributed by atoms with Crippen molar-refractivity contribution in [3.63, 3.8) is 0 Å². The van der Waals surface area contributed by atoms with Crippen LogP contribution in [0.5, 0.6) is 0 Å². The molecule has 3 nitrogen and oxygen atoms in total. The zero-order valence-corrected chi connectivity index (χ0v) is 11.3. The predicted octanol–water partition coefficient (Wildman–Crippen LogP) is 2.46. The van der Waals surface area contributed by atoms with Gasteiger partial charge in [-0.1, -0.05) is 36.4 Å². The fraction of sp³-hybridized carbons (Fsp3) is 0.188. The molecule has 4 heteroatoms. The van der Waals surface area contributed by atoms with Crippen molar-refractivity contribution in [1.82, 2.24) is 5.32 Å². The Balaban J connectivity index is 2.03. The zero-order chi connectivity index (χ0) is 14.5. The molecule has 3 N–H and O–H groups in total. The minimum Gasteiger partial charge on any atom is -0.368 e. The SMILES string of the molecule is C[C@H](NCc1ccc(-c2ccc(F)cc2)cc1)C(N)=O. The van der Waals surface area contributed by atoms with Gasteiger partial charge in [-0.3, -0.25) is 4.79 Å². The summed E-state index contributed by atoms with van der Waals surface area (Å²) in [7, 11) is 0. The van der Waals surface area contributed by atoms with Gasteiger partial charge in [0.1, 0.15) is 5.82 Å². The Kier molecular flexibility index (Phi) is 4.48. The smallest absolute Gasteiger partial charge is 0.234 e. The Morgan fingerprint density at radius 3 is 2.10 bits per heavy atom. The minimum atomic E-state index is -0.368. The molecule has 0 saturated carbocycles. The second kappa shape index (κ2) is 6.30. The molecule has 2 rings (SSSR count). The van der Waals surface area contributed by atoms with Crippen molar-refractivity contribution < 1.29 is 9.18 Å². The summed E-state index contributed by atoms with van der Waals surface area (Å²) in [5.74, 6) is -0.608. The van der Waals surface area contributed by atoms with E-state index in [4.69, 9.17) is 5.73 Å². The summed E-state index contributed by atoms with van der Waals surface area (Å²) in [6.07, 6.45) is 0. The molecule has 0 unspecified atom stereocenters. The number of nitrogens with one attached hydrogen (secondary N) is 1. The Labute approximate surface area is 117 Å². The lowest BCUT2D eigenvalue weighted by Gasteiger charge is -2.10. The molecule has 0 bridgehead atoms. The van der Waals surface area contributed by atoms with E-state index >= 15 is 0 Å². The van der Waals surface area contributed by atoms with Gasteiger partial charge < -0.3 is 11.1 Å². The molecular weight excluding hydrogens is 255 g/mol. The molecule has 1 amide bonds. The maximum atomic E-state index is 12.9. The van der Waals surface area contributed by atoms with Crippen molar-refractivity contribution in [2.75, 3.05) is 0 Å². The third-order valence-corrected chi connectivity index (χ3v) is 3.17. The Hall–Kier alpha value is -2.20. The number of carbonyl (C=O) groups is 1. The molecule has 0 saturated heterocycles. The van der Waals surface area contributed by atoms with Crippen LogP contribution in [0.25, 0.3) is 11.1 Å². The summed E-state index contributed by atoms with van der Waals surface area (Å²) in [5, 5.41) is 3.04. The number of amides is 1. The summed E-state index contributed by atoms with van der Waals surface area (Å²) in [5.41, 5.74) is 8.23. The van der Waals surface area contributed by atoms with Crippen LogP contribution in [0.4, 0.5) is 4.39 Å². The largest absolute Gasteiger partial charge is 0.368 e. The number of carbonyl (C=O) groups excluding carboxylic acids is 1. The number of halogens is 1. The molecule has 0 fully saturated rings. The van der Waals surface area contributed by atoms with Gasteiger partial charge in [0.05, 0.1) is 6.04 Å². The first-order valence-corrected chi connectivity index (χ1v) is 6.44. The maximum Gasteiger partial charge on any atom is 0.234 e. The quantitative estimate of drug-likeness (QED) is 0.878. The van der Waals surface area contributed by atoms with Gasteiger partial charge in [-0.15, -0.1) is 0 Å². The van der Waals surface area contributed by atoms with E-state index in [-0.39, 0.29) is 17.8 Å². The highest BCUT2D eigenvalue weighted by Crippen LogP contribution is 2.20. The highest BCUT2D eigenvalue weighted by Gasteiger charge is 2.07. The molecule has 0 radical (unpaired) electrons. The van der Waals surface area contributed by atoms with Crippen molar-refractivity contribution in [3.8, 4) is 11.1 Å². The van der Waals surface area contributed by atoms with Crippen LogP contribution in [-0.4, -0.2) is 11.9 Å². The number of hydrogen-bond donors (Lipinski definition) is 2. The number of nitrogens with two attached hydrogens (primary N) is 1. The van der Waals surface area contributed by atoms with Crippen LogP contribution in [-0.2, 0) is 11.3 Å². The third-order valence-electron chi connectivity index (χ3n) is 3.17. The van der Waals surface area contributed by atoms with Gasteiger partial charge in [-0.25, -0.2) is 4.39 Å². The fourth-order valence-corrected chi connectivity index (χ4v) is 1.83. The molecule has 20 heavy (non-hydrogen) atoms. The first kappa shape index (κ1) is 14.2. The molecule has 1 atom stereocenters. The molecule has 0 aliphatic heterocycles. The van der Waals surface area contributed by atoms with E-state index in [0.29, 0.717) is 6.54 Å². The third kappa shape index (κ3) is 3.65. The Bertz CT molecular complexity index is 578. The number of benzene rings is 2. The number of primary amides is 1. The fourth-order valence-electron chi connectivity index (χ4n) is 1.83. The average Bonchev–Trinajstić information content (AvgIpc) is 2.46. The van der Waals surface area contributed by atoms with Crippen molar-refractivity contribution >= 4 is 5.91 Å². The molecule has 0 aliphatic carbocycles. The highest BCUT2D eigenvalue weighted by molar-refractivity contribution is 5.79. The van der Waals surface area contributed by atoms with Crippen molar-refractivity contribution in [2.24, 2.45) is 5.73 Å². The zero-order valence-electron chi connectivity index (χ0n) is 11.3.